The Morgan fingerprint density at radius 3 is 3.04 bits per heavy atom. The van der Waals surface area contributed by atoms with Gasteiger partial charge in [0.2, 0.25) is 5.91 Å². The Kier molecular flexibility index (Phi) is 4.91. The summed E-state index contributed by atoms with van der Waals surface area (Å²) in [6.45, 7) is 1.85. The maximum Gasteiger partial charge on any atom is 0.270 e. The van der Waals surface area contributed by atoms with E-state index in [0.717, 1.165) is 25.8 Å². The number of aryl methyl sites for hydroxylation is 1. The van der Waals surface area contributed by atoms with Crippen LogP contribution < -0.4 is 5.32 Å². The molecule has 0 radical (unpaired) electrons. The van der Waals surface area contributed by atoms with Crippen molar-refractivity contribution >= 4 is 11.8 Å². The average Bonchev–Trinajstić information content (AvgIpc) is 3.18. The topological polar surface area (TPSA) is 72.8 Å². The number of likely N-dealkylation sites (N-methyl/N-ethyl adjacent to an activating group) is 1. The Bertz CT molecular complexity index is 615. The summed E-state index contributed by atoms with van der Waals surface area (Å²) >= 11 is 0. The standard InChI is InChI=1S/C17H25N3O4/c1-18-15(21)11-23-13-9-17(24-10-13)6-4-8-20(12-17)16(22)14-5-3-7-19(14)2/h3,5,7,13H,4,6,8-12H2,1-2H3,(H,18,21). The third-order valence-corrected chi connectivity index (χ3v) is 4.89. The maximum absolute atomic E-state index is 12.7. The smallest absolute Gasteiger partial charge is 0.270 e. The first-order valence-corrected chi connectivity index (χ1v) is 8.40. The first-order chi connectivity index (χ1) is 11.5. The summed E-state index contributed by atoms with van der Waals surface area (Å²) in [5.41, 5.74) is 0.351. The van der Waals surface area contributed by atoms with Crippen LogP contribution in [0.2, 0.25) is 0 Å². The Morgan fingerprint density at radius 1 is 1.50 bits per heavy atom. The molecule has 1 aromatic heterocycles. The SMILES string of the molecule is CNC(=O)COC1COC2(CCCN(C(=O)c3cccn3C)C2)C1. The summed E-state index contributed by atoms with van der Waals surface area (Å²) < 4.78 is 13.5. The molecule has 2 fully saturated rings. The van der Waals surface area contributed by atoms with E-state index in [0.29, 0.717) is 18.8 Å². The van der Waals surface area contributed by atoms with Gasteiger partial charge in [-0.3, -0.25) is 9.59 Å². The van der Waals surface area contributed by atoms with Crippen LogP contribution in [0, 0.1) is 0 Å². The van der Waals surface area contributed by atoms with E-state index in [2.05, 4.69) is 5.32 Å². The number of ether oxygens (including phenoxy) is 2. The van der Waals surface area contributed by atoms with Crippen LogP contribution in [-0.2, 0) is 21.3 Å². The predicted molar refractivity (Wildman–Crippen MR) is 87.7 cm³/mol. The number of likely N-dealkylation sites (tertiary alicyclic amines) is 1. The number of carbonyl (C=O) groups is 2. The molecule has 7 heteroatoms. The molecule has 0 bridgehead atoms. The number of nitrogens with zero attached hydrogens (tertiary/aromatic N) is 2. The molecule has 1 aromatic rings. The molecule has 2 unspecified atom stereocenters. The molecule has 132 valence electrons. The van der Waals surface area contributed by atoms with Crippen molar-refractivity contribution in [3.63, 3.8) is 0 Å². The zero-order valence-corrected chi connectivity index (χ0v) is 14.3. The lowest BCUT2D eigenvalue weighted by Crippen LogP contribution is -2.50. The highest BCUT2D eigenvalue weighted by molar-refractivity contribution is 5.92. The van der Waals surface area contributed by atoms with Crippen molar-refractivity contribution in [3.8, 4) is 0 Å². The summed E-state index contributed by atoms with van der Waals surface area (Å²) in [5, 5.41) is 2.54. The van der Waals surface area contributed by atoms with Crippen molar-refractivity contribution in [1.82, 2.24) is 14.8 Å². The molecule has 2 amide bonds. The number of hydrogen-bond donors (Lipinski definition) is 1. The molecule has 1 N–H and O–H groups in total. The van der Waals surface area contributed by atoms with Crippen LogP contribution in [0.25, 0.3) is 0 Å². The Hall–Kier alpha value is -1.86. The van der Waals surface area contributed by atoms with E-state index >= 15 is 0 Å². The summed E-state index contributed by atoms with van der Waals surface area (Å²) in [5.74, 6) is -0.0972. The minimum Gasteiger partial charge on any atom is -0.370 e. The van der Waals surface area contributed by atoms with E-state index in [9.17, 15) is 9.59 Å². The fourth-order valence-corrected chi connectivity index (χ4v) is 3.58. The zero-order valence-electron chi connectivity index (χ0n) is 14.3. The van der Waals surface area contributed by atoms with Gasteiger partial charge in [0, 0.05) is 33.3 Å². The van der Waals surface area contributed by atoms with E-state index in [1.165, 1.54) is 0 Å². The highest BCUT2D eigenvalue weighted by Gasteiger charge is 2.45. The van der Waals surface area contributed by atoms with E-state index in [4.69, 9.17) is 9.47 Å². The van der Waals surface area contributed by atoms with Crippen molar-refractivity contribution in [1.29, 1.82) is 0 Å². The number of hydrogen-bond acceptors (Lipinski definition) is 4. The Labute approximate surface area is 141 Å². The van der Waals surface area contributed by atoms with Gasteiger partial charge in [0.25, 0.3) is 5.91 Å². The predicted octanol–water partition coefficient (Wildman–Crippen LogP) is 0.551. The van der Waals surface area contributed by atoms with Gasteiger partial charge >= 0.3 is 0 Å². The first kappa shape index (κ1) is 17.0. The number of carbonyl (C=O) groups excluding carboxylic acids is 2. The highest BCUT2D eigenvalue weighted by Crippen LogP contribution is 2.36. The summed E-state index contributed by atoms with van der Waals surface area (Å²) in [6, 6.07) is 3.72. The molecule has 7 nitrogen and oxygen atoms in total. The number of aromatic nitrogens is 1. The van der Waals surface area contributed by atoms with E-state index in [1.54, 1.807) is 7.05 Å². The van der Waals surface area contributed by atoms with Gasteiger partial charge in [-0.15, -0.1) is 0 Å². The van der Waals surface area contributed by atoms with Crippen molar-refractivity contribution in [2.24, 2.45) is 7.05 Å². The van der Waals surface area contributed by atoms with Gasteiger partial charge in [-0.1, -0.05) is 0 Å². The molecule has 2 saturated heterocycles. The Balaban J connectivity index is 1.60. The molecule has 0 saturated carbocycles. The average molecular weight is 335 g/mol. The third kappa shape index (κ3) is 3.47. The van der Waals surface area contributed by atoms with Gasteiger partial charge in [0.15, 0.2) is 0 Å². The minimum atomic E-state index is -0.341. The zero-order chi connectivity index (χ0) is 17.2. The summed E-state index contributed by atoms with van der Waals surface area (Å²) in [4.78, 5) is 25.9. The van der Waals surface area contributed by atoms with Crippen LogP contribution in [0.1, 0.15) is 29.8 Å². The lowest BCUT2D eigenvalue weighted by atomic mass is 9.89. The lowest BCUT2D eigenvalue weighted by Gasteiger charge is -2.39. The highest BCUT2D eigenvalue weighted by atomic mass is 16.6. The number of amides is 2. The molecular weight excluding hydrogens is 310 g/mol. The second kappa shape index (κ2) is 6.94. The minimum absolute atomic E-state index is 0.0416. The van der Waals surface area contributed by atoms with Crippen molar-refractivity contribution in [2.75, 3.05) is 33.4 Å². The second-order valence-corrected chi connectivity index (χ2v) is 6.64. The monoisotopic (exact) mass is 335 g/mol. The number of nitrogens with one attached hydrogen (secondary N) is 1. The normalized spacial score (nSPS) is 26.8. The van der Waals surface area contributed by atoms with Gasteiger partial charge in [-0.05, 0) is 25.0 Å². The van der Waals surface area contributed by atoms with Crippen molar-refractivity contribution < 1.29 is 19.1 Å². The van der Waals surface area contributed by atoms with Crippen LogP contribution in [0.3, 0.4) is 0 Å². The van der Waals surface area contributed by atoms with E-state index in [1.807, 2.05) is 34.8 Å². The Morgan fingerprint density at radius 2 is 2.33 bits per heavy atom. The molecular formula is C17H25N3O4. The van der Waals surface area contributed by atoms with Gasteiger partial charge in [0.05, 0.1) is 24.9 Å². The molecule has 24 heavy (non-hydrogen) atoms. The number of rotatable bonds is 4. The summed E-state index contributed by atoms with van der Waals surface area (Å²) in [7, 11) is 3.47. The van der Waals surface area contributed by atoms with Gasteiger partial charge in [0.1, 0.15) is 12.3 Å². The molecule has 2 atom stereocenters. The van der Waals surface area contributed by atoms with Crippen LogP contribution in [0.15, 0.2) is 18.3 Å². The van der Waals surface area contributed by atoms with Crippen molar-refractivity contribution in [3.05, 3.63) is 24.0 Å². The molecule has 3 rings (SSSR count). The van der Waals surface area contributed by atoms with Gasteiger partial charge < -0.3 is 24.3 Å². The fourth-order valence-electron chi connectivity index (χ4n) is 3.58. The molecule has 2 aliphatic heterocycles. The van der Waals surface area contributed by atoms with E-state index < -0.39 is 0 Å². The number of piperidine rings is 1. The van der Waals surface area contributed by atoms with Crippen LogP contribution in [-0.4, -0.2) is 66.3 Å². The fraction of sp³-hybridized carbons (Fsp3) is 0.647. The molecule has 0 aliphatic carbocycles. The van der Waals surface area contributed by atoms with Crippen LogP contribution >= 0.6 is 0 Å². The maximum atomic E-state index is 12.7. The summed E-state index contributed by atoms with van der Waals surface area (Å²) in [6.07, 6.45) is 4.34. The van der Waals surface area contributed by atoms with E-state index in [-0.39, 0.29) is 30.1 Å². The van der Waals surface area contributed by atoms with Crippen LogP contribution in [0.5, 0.6) is 0 Å². The lowest BCUT2D eigenvalue weighted by molar-refractivity contribution is -0.127. The second-order valence-electron chi connectivity index (χ2n) is 6.64. The third-order valence-electron chi connectivity index (χ3n) is 4.89. The van der Waals surface area contributed by atoms with Gasteiger partial charge in [-0.2, -0.15) is 0 Å². The molecule has 1 spiro atoms. The molecule has 0 aromatic carbocycles. The molecule has 3 heterocycles. The first-order valence-electron chi connectivity index (χ1n) is 8.40. The van der Waals surface area contributed by atoms with Crippen molar-refractivity contribution in [2.45, 2.75) is 31.0 Å². The quantitative estimate of drug-likeness (QED) is 0.872. The molecule has 2 aliphatic rings. The largest absolute Gasteiger partial charge is 0.370 e. The van der Waals surface area contributed by atoms with Crippen LogP contribution in [0.4, 0.5) is 0 Å². The van der Waals surface area contributed by atoms with Gasteiger partial charge in [-0.25, -0.2) is 0 Å².